The second-order valence-corrected chi connectivity index (χ2v) is 5.70. The van der Waals surface area contributed by atoms with Gasteiger partial charge in [-0.3, -0.25) is 10.1 Å². The normalized spacial score (nSPS) is 10.8. The van der Waals surface area contributed by atoms with E-state index in [9.17, 15) is 18.5 Å². The highest BCUT2D eigenvalue weighted by atomic mass is 35.7. The molecule has 1 aromatic rings. The summed E-state index contributed by atoms with van der Waals surface area (Å²) in [5.74, 6) is 0. The van der Waals surface area contributed by atoms with E-state index in [1.807, 2.05) is 0 Å². The third-order valence-electron chi connectivity index (χ3n) is 1.64. The molecular formula is C7H3ClN2O4S2. The first-order valence-electron chi connectivity index (χ1n) is 3.63. The standard InChI is InChI=1S/C7H3ClN2O4S2/c8-16(13,14)7-2-4(15)1-6(10(11)12)5(7)3-9/h1-2,15H. The highest BCUT2D eigenvalue weighted by Crippen LogP contribution is 2.30. The second kappa shape index (κ2) is 4.29. The molecule has 0 bridgehead atoms. The van der Waals surface area contributed by atoms with Crippen LogP contribution in [0.25, 0.3) is 0 Å². The first kappa shape index (κ1) is 12.8. The van der Waals surface area contributed by atoms with E-state index in [2.05, 4.69) is 12.6 Å². The van der Waals surface area contributed by atoms with Gasteiger partial charge in [0.2, 0.25) is 0 Å². The number of nitro groups is 1. The van der Waals surface area contributed by atoms with Crippen LogP contribution in [-0.2, 0) is 9.05 Å². The number of hydrogen-bond donors (Lipinski definition) is 1. The van der Waals surface area contributed by atoms with E-state index < -0.39 is 30.1 Å². The summed E-state index contributed by atoms with van der Waals surface area (Å²) >= 11 is 3.80. The van der Waals surface area contributed by atoms with E-state index >= 15 is 0 Å². The van der Waals surface area contributed by atoms with E-state index in [-0.39, 0.29) is 4.90 Å². The molecule has 84 valence electrons. The molecular weight excluding hydrogens is 276 g/mol. The Bertz CT molecular complexity index is 606. The zero-order valence-electron chi connectivity index (χ0n) is 7.42. The van der Waals surface area contributed by atoms with Gasteiger partial charge in [0.05, 0.1) is 4.92 Å². The molecule has 0 aliphatic rings. The third-order valence-corrected chi connectivity index (χ3v) is 3.24. The summed E-state index contributed by atoms with van der Waals surface area (Å²) in [6.45, 7) is 0. The Morgan fingerprint density at radius 2 is 2.06 bits per heavy atom. The van der Waals surface area contributed by atoms with Crippen LogP contribution < -0.4 is 0 Å². The Hall–Kier alpha value is -1.30. The molecule has 0 saturated heterocycles. The molecule has 0 aliphatic heterocycles. The number of halogens is 1. The summed E-state index contributed by atoms with van der Waals surface area (Å²) < 4.78 is 22.2. The minimum atomic E-state index is -4.23. The Morgan fingerprint density at radius 3 is 2.44 bits per heavy atom. The summed E-state index contributed by atoms with van der Waals surface area (Å²) in [6, 6.07) is 3.40. The van der Waals surface area contributed by atoms with Crippen LogP contribution in [0.1, 0.15) is 5.56 Å². The molecule has 6 nitrogen and oxygen atoms in total. The van der Waals surface area contributed by atoms with Gasteiger partial charge in [-0.25, -0.2) is 8.42 Å². The van der Waals surface area contributed by atoms with Gasteiger partial charge in [-0.2, -0.15) is 5.26 Å². The van der Waals surface area contributed by atoms with Crippen molar-refractivity contribution >= 4 is 38.0 Å². The van der Waals surface area contributed by atoms with Crippen LogP contribution in [0.15, 0.2) is 21.9 Å². The van der Waals surface area contributed by atoms with Crippen molar-refractivity contribution in [1.82, 2.24) is 0 Å². The van der Waals surface area contributed by atoms with Crippen LogP contribution in [0, 0.1) is 21.4 Å². The van der Waals surface area contributed by atoms with E-state index in [0.29, 0.717) is 0 Å². The maximum atomic E-state index is 11.1. The molecule has 0 spiro atoms. The largest absolute Gasteiger partial charge is 0.289 e. The minimum absolute atomic E-state index is 0.0323. The van der Waals surface area contributed by atoms with Crippen molar-refractivity contribution in [3.8, 4) is 6.07 Å². The summed E-state index contributed by atoms with van der Waals surface area (Å²) in [4.78, 5) is 9.14. The van der Waals surface area contributed by atoms with Crippen LogP contribution in [-0.4, -0.2) is 13.3 Å². The lowest BCUT2D eigenvalue weighted by Gasteiger charge is -2.02. The van der Waals surface area contributed by atoms with Crippen molar-refractivity contribution in [1.29, 1.82) is 5.26 Å². The molecule has 0 aliphatic carbocycles. The van der Waals surface area contributed by atoms with Crippen molar-refractivity contribution in [3.05, 3.63) is 27.8 Å². The van der Waals surface area contributed by atoms with Crippen molar-refractivity contribution in [2.75, 3.05) is 0 Å². The fourth-order valence-electron chi connectivity index (χ4n) is 1.04. The molecule has 16 heavy (non-hydrogen) atoms. The van der Waals surface area contributed by atoms with Gasteiger partial charge < -0.3 is 0 Å². The number of hydrogen-bond acceptors (Lipinski definition) is 6. The lowest BCUT2D eigenvalue weighted by Crippen LogP contribution is -2.00. The lowest BCUT2D eigenvalue weighted by molar-refractivity contribution is -0.385. The molecule has 0 amide bonds. The first-order chi connectivity index (χ1) is 7.27. The zero-order chi connectivity index (χ0) is 12.5. The van der Waals surface area contributed by atoms with Crippen molar-refractivity contribution < 1.29 is 13.3 Å². The number of nitro benzene ring substituents is 1. The van der Waals surface area contributed by atoms with Crippen LogP contribution in [0.3, 0.4) is 0 Å². The average Bonchev–Trinajstić information content (AvgIpc) is 2.14. The monoisotopic (exact) mass is 278 g/mol. The van der Waals surface area contributed by atoms with Gasteiger partial charge in [-0.15, -0.1) is 12.6 Å². The van der Waals surface area contributed by atoms with Gasteiger partial charge in [0, 0.05) is 21.6 Å². The van der Waals surface area contributed by atoms with Crippen LogP contribution in [0.2, 0.25) is 0 Å². The van der Waals surface area contributed by atoms with E-state index in [1.54, 1.807) is 0 Å². The number of thiol groups is 1. The van der Waals surface area contributed by atoms with E-state index in [4.69, 9.17) is 15.9 Å². The smallest absolute Gasteiger partial charge is 0.258 e. The fourth-order valence-corrected chi connectivity index (χ4v) is 2.40. The van der Waals surface area contributed by atoms with Gasteiger partial charge >= 0.3 is 0 Å². The third kappa shape index (κ3) is 2.44. The van der Waals surface area contributed by atoms with Crippen LogP contribution in [0.5, 0.6) is 0 Å². The Balaban J connectivity index is 3.78. The van der Waals surface area contributed by atoms with Crippen molar-refractivity contribution in [3.63, 3.8) is 0 Å². The summed E-state index contributed by atoms with van der Waals surface area (Å²) in [5.41, 5.74) is -1.24. The number of nitrogens with zero attached hydrogens (tertiary/aromatic N) is 2. The molecule has 0 fully saturated rings. The Morgan fingerprint density at radius 1 is 1.50 bits per heavy atom. The Labute approximate surface area is 100 Å². The van der Waals surface area contributed by atoms with Crippen LogP contribution >= 0.6 is 23.3 Å². The van der Waals surface area contributed by atoms with Crippen LogP contribution in [0.4, 0.5) is 5.69 Å². The molecule has 0 N–H and O–H groups in total. The lowest BCUT2D eigenvalue weighted by atomic mass is 10.2. The topological polar surface area (TPSA) is 101 Å². The molecule has 9 heteroatoms. The highest BCUT2D eigenvalue weighted by molar-refractivity contribution is 8.13. The van der Waals surface area contributed by atoms with E-state index in [1.165, 1.54) is 6.07 Å². The van der Waals surface area contributed by atoms with Crippen molar-refractivity contribution in [2.24, 2.45) is 0 Å². The molecule has 0 radical (unpaired) electrons. The van der Waals surface area contributed by atoms with E-state index in [0.717, 1.165) is 12.1 Å². The number of rotatable bonds is 2. The molecule has 0 saturated carbocycles. The Kier molecular flexibility index (Phi) is 3.42. The molecule has 0 aromatic heterocycles. The summed E-state index contributed by atoms with van der Waals surface area (Å²) in [7, 11) is 0.828. The average molecular weight is 279 g/mol. The number of nitriles is 1. The first-order valence-corrected chi connectivity index (χ1v) is 6.39. The SMILES string of the molecule is N#Cc1c([N+](=O)[O-])cc(S)cc1S(=O)(=O)Cl. The maximum Gasteiger partial charge on any atom is 0.289 e. The predicted molar refractivity (Wildman–Crippen MR) is 58.1 cm³/mol. The second-order valence-electron chi connectivity index (χ2n) is 2.64. The summed E-state index contributed by atoms with van der Waals surface area (Å²) in [6.07, 6.45) is 0. The van der Waals surface area contributed by atoms with Gasteiger partial charge in [-0.05, 0) is 6.07 Å². The van der Waals surface area contributed by atoms with Gasteiger partial charge in [0.15, 0.2) is 0 Å². The number of benzene rings is 1. The molecule has 0 atom stereocenters. The summed E-state index contributed by atoms with van der Waals surface area (Å²) in [5, 5.41) is 19.3. The molecule has 0 heterocycles. The quantitative estimate of drug-likeness (QED) is 0.384. The molecule has 1 aromatic carbocycles. The molecule has 0 unspecified atom stereocenters. The zero-order valence-corrected chi connectivity index (χ0v) is 9.88. The van der Waals surface area contributed by atoms with Crippen molar-refractivity contribution in [2.45, 2.75) is 9.79 Å². The predicted octanol–water partition coefficient (Wildman–Crippen LogP) is 1.68. The van der Waals surface area contributed by atoms with Gasteiger partial charge in [-0.1, -0.05) is 0 Å². The minimum Gasteiger partial charge on any atom is -0.258 e. The fraction of sp³-hybridized carbons (Fsp3) is 0. The van der Waals surface area contributed by atoms with Gasteiger partial charge in [0.25, 0.3) is 14.7 Å². The molecule has 1 rings (SSSR count). The van der Waals surface area contributed by atoms with Gasteiger partial charge in [0.1, 0.15) is 16.5 Å². The maximum absolute atomic E-state index is 11.1. The highest BCUT2D eigenvalue weighted by Gasteiger charge is 2.25.